The summed E-state index contributed by atoms with van der Waals surface area (Å²) in [6.07, 6.45) is -0.403. The van der Waals surface area contributed by atoms with Gasteiger partial charge in [-0.05, 0) is 92.2 Å². The highest BCUT2D eigenvalue weighted by atomic mass is 32.2. The molecule has 1 atom stereocenters. The minimum atomic E-state index is -4.42. The van der Waals surface area contributed by atoms with Crippen LogP contribution in [-0.2, 0) is 29.8 Å². The van der Waals surface area contributed by atoms with Crippen LogP contribution in [0, 0.1) is 17.6 Å². The third kappa shape index (κ3) is 9.36. The van der Waals surface area contributed by atoms with Crippen molar-refractivity contribution in [1.29, 1.82) is 0 Å². The van der Waals surface area contributed by atoms with Crippen LogP contribution >= 0.6 is 11.8 Å². The zero-order valence-corrected chi connectivity index (χ0v) is 32.1. The van der Waals surface area contributed by atoms with Crippen LogP contribution in [0.5, 0.6) is 0 Å². The average molecular weight is 789 g/mol. The molecule has 0 saturated carbocycles. The number of benzene rings is 4. The Bertz CT molecular complexity index is 2200. The highest BCUT2D eigenvalue weighted by Gasteiger charge is 2.31. The van der Waals surface area contributed by atoms with Gasteiger partial charge in [0.05, 0.1) is 16.1 Å². The molecule has 6 nitrogen and oxygen atoms in total. The number of hydrogen-bond acceptors (Lipinski definition) is 5. The maximum atomic E-state index is 14.7. The number of likely N-dealkylation sites (tertiary alicyclic amines) is 2. The quantitative estimate of drug-likeness (QED) is 0.0988. The highest BCUT2D eigenvalue weighted by molar-refractivity contribution is 7.98. The van der Waals surface area contributed by atoms with Gasteiger partial charge in [-0.3, -0.25) is 9.59 Å². The molecule has 1 unspecified atom stereocenters. The summed E-state index contributed by atoms with van der Waals surface area (Å²) in [7, 11) is 2.17. The summed E-state index contributed by atoms with van der Waals surface area (Å²) in [5.74, 6) is -1.36. The van der Waals surface area contributed by atoms with Gasteiger partial charge in [-0.15, -0.1) is 11.8 Å². The topological polar surface area (TPSA) is 48.8 Å². The molecule has 2 aliphatic rings. The second-order valence-corrected chi connectivity index (χ2v) is 16.0. The first-order chi connectivity index (χ1) is 26.9. The molecule has 0 spiro atoms. The fraction of sp³-hybridized carbons (Fsp3) is 0.364. The lowest BCUT2D eigenvalue weighted by Crippen LogP contribution is -2.49. The second-order valence-electron chi connectivity index (χ2n) is 15.0. The van der Waals surface area contributed by atoms with E-state index in [1.54, 1.807) is 28.8 Å². The molecule has 1 amide bonds. The number of piperidine rings is 2. The molecule has 2 aliphatic heterocycles. The number of rotatable bonds is 11. The average Bonchev–Trinajstić information content (AvgIpc) is 3.19. The van der Waals surface area contributed by atoms with E-state index in [9.17, 15) is 31.5 Å². The summed E-state index contributed by atoms with van der Waals surface area (Å²) in [5, 5.41) is 0.924. The molecule has 7 rings (SSSR count). The molecule has 12 heteroatoms. The van der Waals surface area contributed by atoms with Crippen LogP contribution in [-0.4, -0.2) is 71.0 Å². The van der Waals surface area contributed by atoms with Gasteiger partial charge >= 0.3 is 6.18 Å². The molecule has 4 aromatic carbocycles. The number of hydrogen-bond donors (Lipinski definition) is 0. The van der Waals surface area contributed by atoms with E-state index in [4.69, 9.17) is 0 Å². The first kappa shape index (κ1) is 39.7. The van der Waals surface area contributed by atoms with Crippen LogP contribution < -0.4 is 5.43 Å². The molecule has 0 bridgehead atoms. The molecule has 2 saturated heterocycles. The van der Waals surface area contributed by atoms with Crippen LogP contribution in [0.15, 0.2) is 107 Å². The predicted molar refractivity (Wildman–Crippen MR) is 211 cm³/mol. The Labute approximate surface area is 327 Å². The SMILES string of the molecule is CN1CCCC(CN2CCC(N(Cc3ccc(-c4ccc(C(F)(F)F)cc4)cc3)C(=O)Cn3c(SCc4cccc(F)c4F)cc(=O)c4ccccc43)CC2)C1. The van der Waals surface area contributed by atoms with Crippen LogP contribution in [0.4, 0.5) is 22.0 Å². The van der Waals surface area contributed by atoms with E-state index in [0.29, 0.717) is 34.0 Å². The molecule has 2 fully saturated rings. The summed E-state index contributed by atoms with van der Waals surface area (Å²) >= 11 is 1.18. The van der Waals surface area contributed by atoms with E-state index in [0.717, 1.165) is 74.9 Å². The first-order valence-corrected chi connectivity index (χ1v) is 20.1. The monoisotopic (exact) mass is 788 g/mol. The van der Waals surface area contributed by atoms with Crippen molar-refractivity contribution in [3.63, 3.8) is 0 Å². The number of aromatic nitrogens is 1. The maximum absolute atomic E-state index is 14.7. The number of amides is 1. The third-order valence-corrected chi connectivity index (χ3v) is 12.2. The number of para-hydroxylation sites is 1. The molecule has 5 aromatic rings. The zero-order chi connectivity index (χ0) is 39.4. The molecule has 3 heterocycles. The van der Waals surface area contributed by atoms with E-state index in [-0.39, 0.29) is 35.2 Å². The van der Waals surface area contributed by atoms with Crippen LogP contribution in [0.3, 0.4) is 0 Å². The minimum absolute atomic E-state index is 0.0505. The van der Waals surface area contributed by atoms with Gasteiger partial charge in [-0.2, -0.15) is 13.2 Å². The summed E-state index contributed by atoms with van der Waals surface area (Å²) in [5.41, 5.74) is 2.09. The van der Waals surface area contributed by atoms with E-state index >= 15 is 0 Å². The van der Waals surface area contributed by atoms with Gasteiger partial charge in [0.2, 0.25) is 5.91 Å². The van der Waals surface area contributed by atoms with Crippen LogP contribution in [0.25, 0.3) is 22.0 Å². The molecule has 0 N–H and O–H groups in total. The Morgan fingerprint density at radius 3 is 2.25 bits per heavy atom. The lowest BCUT2D eigenvalue weighted by molar-refractivity contribution is -0.138. The van der Waals surface area contributed by atoms with Gasteiger partial charge < -0.3 is 19.3 Å². The predicted octanol–water partition coefficient (Wildman–Crippen LogP) is 9.09. The summed E-state index contributed by atoms with van der Waals surface area (Å²) in [4.78, 5) is 34.8. The van der Waals surface area contributed by atoms with E-state index in [1.165, 1.54) is 54.9 Å². The number of pyridine rings is 1. The van der Waals surface area contributed by atoms with Crippen molar-refractivity contribution in [1.82, 2.24) is 19.3 Å². The molecule has 0 radical (unpaired) electrons. The molecule has 294 valence electrons. The van der Waals surface area contributed by atoms with E-state index in [2.05, 4.69) is 16.8 Å². The Morgan fingerprint density at radius 2 is 1.55 bits per heavy atom. The smallest absolute Gasteiger partial charge is 0.334 e. The summed E-state index contributed by atoms with van der Waals surface area (Å²) < 4.78 is 70.0. The third-order valence-electron chi connectivity index (χ3n) is 11.1. The van der Waals surface area contributed by atoms with Gasteiger partial charge in [-0.1, -0.05) is 60.7 Å². The molecular weight excluding hydrogens is 744 g/mol. The number of nitrogens with zero attached hydrogens (tertiary/aromatic N) is 4. The van der Waals surface area contributed by atoms with Crippen molar-refractivity contribution >= 4 is 28.6 Å². The number of halogens is 5. The van der Waals surface area contributed by atoms with E-state index < -0.39 is 23.4 Å². The van der Waals surface area contributed by atoms with Crippen molar-refractivity contribution < 1.29 is 26.7 Å². The number of alkyl halides is 3. The van der Waals surface area contributed by atoms with E-state index in [1.807, 2.05) is 29.2 Å². The Morgan fingerprint density at radius 1 is 0.857 bits per heavy atom. The molecule has 0 aliphatic carbocycles. The Kier molecular flexibility index (Phi) is 12.3. The van der Waals surface area contributed by atoms with Gasteiger partial charge in [-0.25, -0.2) is 8.78 Å². The van der Waals surface area contributed by atoms with Crippen molar-refractivity contribution in [2.45, 2.75) is 61.8 Å². The van der Waals surface area contributed by atoms with Gasteiger partial charge in [0, 0.05) is 61.5 Å². The lowest BCUT2D eigenvalue weighted by Gasteiger charge is -2.41. The van der Waals surface area contributed by atoms with Crippen molar-refractivity contribution in [3.8, 4) is 11.1 Å². The van der Waals surface area contributed by atoms with Gasteiger partial charge in [0.1, 0.15) is 6.54 Å². The lowest BCUT2D eigenvalue weighted by atomic mass is 9.95. The minimum Gasteiger partial charge on any atom is -0.334 e. The zero-order valence-electron chi connectivity index (χ0n) is 31.3. The first-order valence-electron chi connectivity index (χ1n) is 19.1. The summed E-state index contributed by atoms with van der Waals surface area (Å²) in [6.45, 7) is 5.23. The Balaban J connectivity index is 1.15. The van der Waals surface area contributed by atoms with Crippen molar-refractivity contribution in [2.75, 3.05) is 39.8 Å². The normalized spacial score (nSPS) is 17.4. The number of carbonyl (C=O) groups is 1. The van der Waals surface area contributed by atoms with Crippen molar-refractivity contribution in [3.05, 3.63) is 136 Å². The Hall–Kier alpha value is -4.52. The maximum Gasteiger partial charge on any atom is 0.416 e. The number of carbonyl (C=O) groups excluding carboxylic acids is 1. The summed E-state index contributed by atoms with van der Waals surface area (Å²) in [6, 6.07) is 25.1. The highest BCUT2D eigenvalue weighted by Crippen LogP contribution is 2.32. The molecular formula is C44H45F5N4O2S. The van der Waals surface area contributed by atoms with Gasteiger partial charge in [0.25, 0.3) is 0 Å². The van der Waals surface area contributed by atoms with Crippen LogP contribution in [0.2, 0.25) is 0 Å². The van der Waals surface area contributed by atoms with Crippen LogP contribution in [0.1, 0.15) is 42.4 Å². The fourth-order valence-electron chi connectivity index (χ4n) is 8.10. The second kappa shape index (κ2) is 17.3. The standard InChI is InChI=1S/C44H45F5N4O2S/c1-50-21-5-6-31(25-50)26-51-22-19-36(20-23-51)52(27-30-11-13-32(14-12-30)33-15-17-35(18-16-33)44(47,48)49)41(55)28-53-39-10-3-2-8-37(39)40(54)24-42(53)56-29-34-7-4-9-38(45)43(34)46/h2-4,7-18,24,31,36H,5-6,19-23,25-29H2,1H3. The number of fused-ring (bicyclic) bond motifs is 1. The largest absolute Gasteiger partial charge is 0.416 e. The fourth-order valence-corrected chi connectivity index (χ4v) is 9.13. The van der Waals surface area contributed by atoms with Crippen molar-refractivity contribution in [2.24, 2.45) is 5.92 Å². The van der Waals surface area contributed by atoms with Gasteiger partial charge in [0.15, 0.2) is 17.1 Å². The number of thioether (sulfide) groups is 1. The molecule has 1 aromatic heterocycles. The molecule has 56 heavy (non-hydrogen) atoms.